The van der Waals surface area contributed by atoms with Gasteiger partial charge in [-0.2, -0.15) is 0 Å². The molecule has 2 rings (SSSR count). The lowest BCUT2D eigenvalue weighted by atomic mass is 10.2. The molecule has 2 aromatic rings. The Morgan fingerprint density at radius 2 is 2.36 bits per heavy atom. The van der Waals surface area contributed by atoms with Crippen LogP contribution in [0.15, 0.2) is 22.7 Å². The highest BCUT2D eigenvalue weighted by Crippen LogP contribution is 2.28. The zero-order valence-corrected chi connectivity index (χ0v) is 7.35. The molecule has 1 aromatic carbocycles. The summed E-state index contributed by atoms with van der Waals surface area (Å²) < 4.78 is 9.70. The summed E-state index contributed by atoms with van der Waals surface area (Å²) in [6.45, 7) is 0. The van der Waals surface area contributed by atoms with E-state index in [1.807, 2.05) is 0 Å². The second kappa shape index (κ2) is 3.02. The van der Waals surface area contributed by atoms with Crippen LogP contribution in [-0.4, -0.2) is 23.3 Å². The number of hydrogen-bond acceptors (Lipinski definition) is 4. The minimum atomic E-state index is -1.16. The van der Waals surface area contributed by atoms with Crippen LogP contribution in [0, 0.1) is 0 Å². The van der Waals surface area contributed by atoms with Crippen molar-refractivity contribution in [3.05, 3.63) is 24.0 Å². The molecule has 1 aromatic heterocycles. The minimum absolute atomic E-state index is 0.197. The molecule has 0 fully saturated rings. The molecule has 5 heteroatoms. The standard InChI is InChI=1S/C9H7NO4/c1-13-6-4-2-3-5-7(6)8(9(11)12)14-10-5/h2-4H,1H3,(H,11,12). The lowest BCUT2D eigenvalue weighted by molar-refractivity contribution is 0.0655. The van der Waals surface area contributed by atoms with Crippen LogP contribution in [0.1, 0.15) is 10.6 Å². The summed E-state index contributed by atoms with van der Waals surface area (Å²) in [4.78, 5) is 10.8. The maximum absolute atomic E-state index is 10.8. The predicted molar refractivity (Wildman–Crippen MR) is 47.5 cm³/mol. The fraction of sp³-hybridized carbons (Fsp3) is 0.111. The van der Waals surface area contributed by atoms with E-state index in [0.717, 1.165) is 0 Å². The Morgan fingerprint density at radius 1 is 1.57 bits per heavy atom. The van der Waals surface area contributed by atoms with Crippen molar-refractivity contribution in [3.63, 3.8) is 0 Å². The van der Waals surface area contributed by atoms with E-state index in [4.69, 9.17) is 9.84 Å². The molecule has 1 heterocycles. The van der Waals surface area contributed by atoms with Crippen molar-refractivity contribution in [2.45, 2.75) is 0 Å². The Bertz CT molecular complexity index is 489. The molecule has 0 atom stereocenters. The molecule has 72 valence electrons. The third-order valence-electron chi connectivity index (χ3n) is 1.88. The van der Waals surface area contributed by atoms with Crippen LogP contribution < -0.4 is 4.74 Å². The van der Waals surface area contributed by atoms with E-state index in [2.05, 4.69) is 9.68 Å². The molecule has 0 saturated heterocycles. The highest BCUT2D eigenvalue weighted by molar-refractivity contribution is 6.02. The number of fused-ring (bicyclic) bond motifs is 1. The number of carboxylic acid groups (broad SMARTS) is 1. The van der Waals surface area contributed by atoms with Gasteiger partial charge in [0.05, 0.1) is 12.5 Å². The summed E-state index contributed by atoms with van der Waals surface area (Å²) in [6, 6.07) is 5.04. The number of nitrogens with zero attached hydrogens (tertiary/aromatic N) is 1. The first kappa shape index (κ1) is 8.55. The largest absolute Gasteiger partial charge is 0.496 e. The Kier molecular flexibility index (Phi) is 1.85. The number of aromatic nitrogens is 1. The van der Waals surface area contributed by atoms with Gasteiger partial charge in [-0.1, -0.05) is 11.2 Å². The van der Waals surface area contributed by atoms with Gasteiger partial charge >= 0.3 is 5.97 Å². The van der Waals surface area contributed by atoms with Crippen LogP contribution in [0.4, 0.5) is 0 Å². The molecule has 0 unspecified atom stereocenters. The summed E-state index contributed by atoms with van der Waals surface area (Å²) >= 11 is 0. The second-order valence-electron chi connectivity index (χ2n) is 2.67. The average molecular weight is 193 g/mol. The maximum Gasteiger partial charge on any atom is 0.375 e. The zero-order chi connectivity index (χ0) is 10.1. The average Bonchev–Trinajstić information content (AvgIpc) is 2.60. The van der Waals surface area contributed by atoms with Gasteiger partial charge in [-0.15, -0.1) is 0 Å². The molecule has 0 amide bonds. The number of rotatable bonds is 2. The SMILES string of the molecule is COc1cccc2noc(C(=O)O)c12. The number of benzene rings is 1. The van der Waals surface area contributed by atoms with Crippen LogP contribution >= 0.6 is 0 Å². The van der Waals surface area contributed by atoms with Gasteiger partial charge in [0.1, 0.15) is 11.3 Å². The van der Waals surface area contributed by atoms with Crippen LogP contribution in [-0.2, 0) is 0 Å². The van der Waals surface area contributed by atoms with Crippen LogP contribution in [0.5, 0.6) is 5.75 Å². The molecular formula is C9H7NO4. The number of carboxylic acids is 1. The van der Waals surface area contributed by atoms with Gasteiger partial charge in [-0.3, -0.25) is 0 Å². The number of carbonyl (C=O) groups is 1. The fourth-order valence-electron chi connectivity index (χ4n) is 1.28. The van der Waals surface area contributed by atoms with E-state index in [-0.39, 0.29) is 5.76 Å². The summed E-state index contributed by atoms with van der Waals surface area (Å²) in [5.41, 5.74) is 0.474. The molecule has 0 aliphatic carbocycles. The van der Waals surface area contributed by atoms with Gasteiger partial charge < -0.3 is 14.4 Å². The zero-order valence-electron chi connectivity index (χ0n) is 7.35. The van der Waals surface area contributed by atoms with Gasteiger partial charge in [0.2, 0.25) is 0 Å². The van der Waals surface area contributed by atoms with Crippen LogP contribution in [0.3, 0.4) is 0 Å². The van der Waals surface area contributed by atoms with Gasteiger partial charge in [0.15, 0.2) is 0 Å². The number of aromatic carboxylic acids is 1. The van der Waals surface area contributed by atoms with Gasteiger partial charge in [0, 0.05) is 0 Å². The fourth-order valence-corrected chi connectivity index (χ4v) is 1.28. The summed E-state index contributed by atoms with van der Waals surface area (Å²) in [7, 11) is 1.47. The Morgan fingerprint density at radius 3 is 3.00 bits per heavy atom. The topological polar surface area (TPSA) is 72.6 Å². The molecule has 0 radical (unpaired) electrons. The molecule has 5 nitrogen and oxygen atoms in total. The van der Waals surface area contributed by atoms with E-state index in [9.17, 15) is 4.79 Å². The van der Waals surface area contributed by atoms with E-state index in [1.54, 1.807) is 18.2 Å². The molecule has 0 aliphatic rings. The lowest BCUT2D eigenvalue weighted by Gasteiger charge is -1.99. The second-order valence-corrected chi connectivity index (χ2v) is 2.67. The summed E-state index contributed by atoms with van der Waals surface area (Å²) in [6.07, 6.45) is 0. The Balaban J connectivity index is 2.81. The van der Waals surface area contributed by atoms with E-state index >= 15 is 0 Å². The number of methoxy groups -OCH3 is 1. The smallest absolute Gasteiger partial charge is 0.375 e. The van der Waals surface area contributed by atoms with Crippen LogP contribution in [0.2, 0.25) is 0 Å². The molecule has 0 bridgehead atoms. The highest BCUT2D eigenvalue weighted by Gasteiger charge is 2.18. The normalized spacial score (nSPS) is 10.4. The van der Waals surface area contributed by atoms with Crippen molar-refractivity contribution in [2.75, 3.05) is 7.11 Å². The molecule has 0 aliphatic heterocycles. The number of ether oxygens (including phenoxy) is 1. The lowest BCUT2D eigenvalue weighted by Crippen LogP contribution is -1.95. The van der Waals surface area contributed by atoms with Crippen molar-refractivity contribution in [1.29, 1.82) is 0 Å². The first-order valence-electron chi connectivity index (χ1n) is 3.89. The van der Waals surface area contributed by atoms with Gasteiger partial charge in [-0.05, 0) is 12.1 Å². The monoisotopic (exact) mass is 193 g/mol. The molecule has 14 heavy (non-hydrogen) atoms. The van der Waals surface area contributed by atoms with Crippen molar-refractivity contribution in [1.82, 2.24) is 5.16 Å². The van der Waals surface area contributed by atoms with Crippen molar-refractivity contribution in [3.8, 4) is 5.75 Å². The summed E-state index contributed by atoms with van der Waals surface area (Å²) in [5.74, 6) is -0.907. The van der Waals surface area contributed by atoms with Gasteiger partial charge in [0.25, 0.3) is 5.76 Å². The first-order valence-corrected chi connectivity index (χ1v) is 3.89. The third-order valence-corrected chi connectivity index (χ3v) is 1.88. The van der Waals surface area contributed by atoms with E-state index in [0.29, 0.717) is 16.7 Å². The van der Waals surface area contributed by atoms with Crippen molar-refractivity contribution >= 4 is 16.9 Å². The van der Waals surface area contributed by atoms with E-state index in [1.165, 1.54) is 7.11 Å². The molecular weight excluding hydrogens is 186 g/mol. The first-order chi connectivity index (χ1) is 6.74. The van der Waals surface area contributed by atoms with E-state index < -0.39 is 5.97 Å². The maximum atomic E-state index is 10.8. The van der Waals surface area contributed by atoms with Gasteiger partial charge in [-0.25, -0.2) is 4.79 Å². The third kappa shape index (κ3) is 1.10. The Hall–Kier alpha value is -2.04. The van der Waals surface area contributed by atoms with Crippen molar-refractivity contribution in [2.24, 2.45) is 0 Å². The molecule has 1 N–H and O–H groups in total. The molecule has 0 saturated carbocycles. The number of hydrogen-bond donors (Lipinski definition) is 1. The minimum Gasteiger partial charge on any atom is -0.496 e. The quantitative estimate of drug-likeness (QED) is 0.782. The highest BCUT2D eigenvalue weighted by atomic mass is 16.5. The Labute approximate surface area is 78.9 Å². The van der Waals surface area contributed by atoms with Crippen molar-refractivity contribution < 1.29 is 19.2 Å². The molecule has 0 spiro atoms. The van der Waals surface area contributed by atoms with Crippen LogP contribution in [0.25, 0.3) is 10.9 Å². The summed E-state index contributed by atoms with van der Waals surface area (Å²) in [5, 5.41) is 12.8. The predicted octanol–water partition coefficient (Wildman–Crippen LogP) is 1.53.